The zero-order valence-corrected chi connectivity index (χ0v) is 23.4. The lowest BCUT2D eigenvalue weighted by Crippen LogP contribution is -2.31. The van der Waals surface area contributed by atoms with Gasteiger partial charge in [0.1, 0.15) is 17.9 Å². The fraction of sp³-hybridized carbons (Fsp3) is 0.312. The van der Waals surface area contributed by atoms with Crippen LogP contribution in [0.3, 0.4) is 0 Å². The van der Waals surface area contributed by atoms with Gasteiger partial charge < -0.3 is 19.6 Å². The topological polar surface area (TPSA) is 103 Å². The molecule has 2 aliphatic heterocycles. The standard InChI is InChI=1S/C32H32FN7O2.2H2/c1-2-25-23(4-3-11-35-25)24-15-22(33)6-8-28(24)42-29-16-34-20-36-30(29)40-13-10-32(19-40)9-12-39(18-32)17-21-5-7-26-27(14-21)38-31(41)37-26;;/h3-8,11,14-16,20H,2,9-10,12-13,17-19H2,1H3,(H2,37,38,41);2*1H. The number of likely N-dealkylation sites (tertiary alicyclic amines) is 1. The highest BCUT2D eigenvalue weighted by Gasteiger charge is 2.44. The first-order valence-corrected chi connectivity index (χ1v) is 14.4. The van der Waals surface area contributed by atoms with E-state index in [4.69, 9.17) is 4.74 Å². The van der Waals surface area contributed by atoms with Crippen molar-refractivity contribution in [3.63, 3.8) is 0 Å². The zero-order valence-electron chi connectivity index (χ0n) is 23.4. The molecule has 0 aliphatic carbocycles. The molecular weight excluding hydrogens is 533 g/mol. The highest BCUT2D eigenvalue weighted by molar-refractivity contribution is 5.75. The lowest BCUT2D eigenvalue weighted by atomic mass is 9.86. The molecule has 1 atom stereocenters. The van der Waals surface area contributed by atoms with Gasteiger partial charge in [0.05, 0.1) is 17.2 Å². The van der Waals surface area contributed by atoms with Gasteiger partial charge in [-0.3, -0.25) is 9.88 Å². The Morgan fingerprint density at radius 3 is 2.79 bits per heavy atom. The fourth-order valence-corrected chi connectivity index (χ4v) is 6.55. The van der Waals surface area contributed by atoms with Crippen LogP contribution >= 0.6 is 0 Å². The van der Waals surface area contributed by atoms with Gasteiger partial charge in [-0.05, 0) is 67.8 Å². The van der Waals surface area contributed by atoms with Crippen LogP contribution in [-0.2, 0) is 13.0 Å². The van der Waals surface area contributed by atoms with E-state index in [1.54, 1.807) is 24.8 Å². The van der Waals surface area contributed by atoms with Crippen LogP contribution in [0, 0.1) is 11.2 Å². The van der Waals surface area contributed by atoms with Crippen molar-refractivity contribution in [3.05, 3.63) is 94.8 Å². The van der Waals surface area contributed by atoms with Crippen molar-refractivity contribution >= 4 is 16.9 Å². The summed E-state index contributed by atoms with van der Waals surface area (Å²) in [6.07, 6.45) is 7.88. The number of anilines is 1. The maximum atomic E-state index is 14.4. The predicted molar refractivity (Wildman–Crippen MR) is 163 cm³/mol. The summed E-state index contributed by atoms with van der Waals surface area (Å²) in [5.41, 5.74) is 5.23. The number of H-pyrrole nitrogens is 2. The number of aromatic nitrogens is 5. The van der Waals surface area contributed by atoms with Gasteiger partial charge >= 0.3 is 5.69 Å². The second-order valence-corrected chi connectivity index (χ2v) is 11.4. The molecular formula is C32H36FN7O2. The van der Waals surface area contributed by atoms with Gasteiger partial charge in [0.2, 0.25) is 0 Å². The third kappa shape index (κ3) is 5.02. The summed E-state index contributed by atoms with van der Waals surface area (Å²) in [5, 5.41) is 0. The summed E-state index contributed by atoms with van der Waals surface area (Å²) in [6.45, 7) is 6.64. The molecule has 2 saturated heterocycles. The van der Waals surface area contributed by atoms with Crippen molar-refractivity contribution < 1.29 is 12.0 Å². The number of aryl methyl sites for hydroxylation is 1. The Balaban J connectivity index is 0.00000192. The van der Waals surface area contributed by atoms with Crippen LogP contribution in [-0.4, -0.2) is 56.0 Å². The first-order chi connectivity index (χ1) is 20.5. The minimum absolute atomic E-state index is 0. The van der Waals surface area contributed by atoms with Crippen LogP contribution in [0.1, 0.15) is 33.9 Å². The van der Waals surface area contributed by atoms with E-state index in [2.05, 4.69) is 46.9 Å². The Hall–Kier alpha value is -4.57. The smallest absolute Gasteiger partial charge is 0.323 e. The minimum atomic E-state index is -0.332. The summed E-state index contributed by atoms with van der Waals surface area (Å²) < 4.78 is 20.9. The van der Waals surface area contributed by atoms with Crippen molar-refractivity contribution in [2.24, 2.45) is 5.41 Å². The molecule has 5 heterocycles. The molecule has 9 nitrogen and oxygen atoms in total. The second kappa shape index (κ2) is 10.7. The lowest BCUT2D eigenvalue weighted by molar-refractivity contribution is 0.270. The quantitative estimate of drug-likeness (QED) is 0.256. The molecule has 1 spiro atoms. The number of nitrogens with zero attached hydrogens (tertiary/aromatic N) is 5. The fourth-order valence-electron chi connectivity index (χ4n) is 6.55. The monoisotopic (exact) mass is 569 g/mol. The van der Waals surface area contributed by atoms with E-state index in [0.717, 1.165) is 80.1 Å². The number of halogens is 1. The van der Waals surface area contributed by atoms with E-state index in [1.165, 1.54) is 17.7 Å². The zero-order chi connectivity index (χ0) is 28.7. The van der Waals surface area contributed by atoms with Gasteiger partial charge in [-0.15, -0.1) is 0 Å². The molecule has 3 aromatic heterocycles. The maximum absolute atomic E-state index is 14.4. The summed E-state index contributed by atoms with van der Waals surface area (Å²) in [7, 11) is 0. The van der Waals surface area contributed by atoms with Crippen molar-refractivity contribution in [3.8, 4) is 22.6 Å². The van der Waals surface area contributed by atoms with Crippen molar-refractivity contribution in [1.82, 2.24) is 29.8 Å². The van der Waals surface area contributed by atoms with E-state index < -0.39 is 0 Å². The maximum Gasteiger partial charge on any atom is 0.323 e. The van der Waals surface area contributed by atoms with Gasteiger partial charge in [0.15, 0.2) is 11.6 Å². The van der Waals surface area contributed by atoms with Crippen molar-refractivity contribution in [2.75, 3.05) is 31.1 Å². The van der Waals surface area contributed by atoms with Crippen LogP contribution in [0.4, 0.5) is 10.2 Å². The molecule has 2 N–H and O–H groups in total. The van der Waals surface area contributed by atoms with E-state index in [-0.39, 0.29) is 19.8 Å². The molecule has 7 rings (SSSR count). The normalized spacial score (nSPS) is 18.9. The van der Waals surface area contributed by atoms with Crippen LogP contribution in [0.15, 0.2) is 72.0 Å². The third-order valence-corrected chi connectivity index (χ3v) is 8.58. The van der Waals surface area contributed by atoms with Crippen molar-refractivity contribution in [1.29, 1.82) is 0 Å². The Morgan fingerprint density at radius 1 is 1.00 bits per heavy atom. The summed E-state index contributed by atoms with van der Waals surface area (Å²) in [6, 6.07) is 14.5. The van der Waals surface area contributed by atoms with Gasteiger partial charge in [-0.2, -0.15) is 0 Å². The molecule has 5 aromatic rings. The number of imidazole rings is 1. The Morgan fingerprint density at radius 2 is 1.88 bits per heavy atom. The van der Waals surface area contributed by atoms with E-state index in [0.29, 0.717) is 17.1 Å². The Bertz CT molecular complexity index is 1830. The number of aromatic amines is 2. The number of benzene rings is 2. The van der Waals surface area contributed by atoms with E-state index in [1.807, 2.05) is 25.1 Å². The van der Waals surface area contributed by atoms with Gasteiger partial charge in [0, 0.05) is 57.5 Å². The average Bonchev–Trinajstić information content (AvgIpc) is 3.71. The lowest BCUT2D eigenvalue weighted by Gasteiger charge is -2.26. The van der Waals surface area contributed by atoms with Gasteiger partial charge in [0.25, 0.3) is 0 Å². The van der Waals surface area contributed by atoms with Crippen LogP contribution in [0.2, 0.25) is 0 Å². The van der Waals surface area contributed by atoms with Crippen LogP contribution < -0.4 is 15.3 Å². The van der Waals surface area contributed by atoms with Crippen LogP contribution in [0.5, 0.6) is 11.5 Å². The highest BCUT2D eigenvalue weighted by Crippen LogP contribution is 2.44. The summed E-state index contributed by atoms with van der Waals surface area (Å²) in [5.74, 6) is 1.51. The van der Waals surface area contributed by atoms with E-state index in [9.17, 15) is 9.18 Å². The summed E-state index contributed by atoms with van der Waals surface area (Å²) in [4.78, 5) is 35.5. The molecule has 0 amide bonds. The molecule has 2 aromatic carbocycles. The molecule has 10 heteroatoms. The van der Waals surface area contributed by atoms with Gasteiger partial charge in [-0.25, -0.2) is 19.2 Å². The first-order valence-electron chi connectivity index (χ1n) is 14.4. The molecule has 42 heavy (non-hydrogen) atoms. The molecule has 0 bridgehead atoms. The minimum Gasteiger partial charge on any atom is -0.451 e. The molecule has 0 saturated carbocycles. The van der Waals surface area contributed by atoms with E-state index >= 15 is 0 Å². The highest BCUT2D eigenvalue weighted by atomic mass is 19.1. The second-order valence-electron chi connectivity index (χ2n) is 11.4. The molecule has 0 radical (unpaired) electrons. The molecule has 2 aliphatic rings. The average molecular weight is 570 g/mol. The third-order valence-electron chi connectivity index (χ3n) is 8.58. The Kier molecular flexibility index (Phi) is 6.70. The van der Waals surface area contributed by atoms with Gasteiger partial charge in [-0.1, -0.05) is 19.1 Å². The number of ether oxygens (including phenoxy) is 1. The number of nitrogens with one attached hydrogen (secondary N) is 2. The molecule has 2 fully saturated rings. The predicted octanol–water partition coefficient (Wildman–Crippen LogP) is 5.80. The first kappa shape index (κ1) is 26.3. The SMILES string of the molecule is CCc1ncccc1-c1cc(F)ccc1Oc1cncnc1N1CCC2(CCN(Cc3ccc4[nH]c(=O)[nH]c4c3)C2)C1.[HH].[HH]. The van der Waals surface area contributed by atoms with Crippen molar-refractivity contribution in [2.45, 2.75) is 32.7 Å². The molecule has 218 valence electrons. The number of rotatable bonds is 7. The number of fused-ring (bicyclic) bond motifs is 1. The number of pyridine rings is 1. The molecule has 1 unspecified atom stereocenters. The Labute approximate surface area is 245 Å². The van der Waals surface area contributed by atoms with Crippen LogP contribution in [0.25, 0.3) is 22.2 Å². The largest absolute Gasteiger partial charge is 0.451 e. The number of hydrogen-bond donors (Lipinski definition) is 2. The number of hydrogen-bond acceptors (Lipinski definition) is 7. The summed E-state index contributed by atoms with van der Waals surface area (Å²) >= 11 is 0.